The molecular weight excluding hydrogens is 240 g/mol. The Bertz CT molecular complexity index is 518. The molecule has 0 bridgehead atoms. The van der Waals surface area contributed by atoms with E-state index < -0.39 is 0 Å². The Kier molecular flexibility index (Phi) is 3.43. The number of aryl methyl sites for hydroxylation is 1. The summed E-state index contributed by atoms with van der Waals surface area (Å²) in [5.41, 5.74) is 0.847. The van der Waals surface area contributed by atoms with Crippen LogP contribution in [0.25, 0.3) is 0 Å². The number of hydrogen-bond acceptors (Lipinski definition) is 5. The molecule has 0 aliphatic rings. The van der Waals surface area contributed by atoms with Gasteiger partial charge in [-0.1, -0.05) is 0 Å². The van der Waals surface area contributed by atoms with Gasteiger partial charge in [-0.15, -0.1) is 11.3 Å². The van der Waals surface area contributed by atoms with Crippen LogP contribution in [0.3, 0.4) is 0 Å². The van der Waals surface area contributed by atoms with Crippen molar-refractivity contribution in [2.75, 3.05) is 7.11 Å². The fraction of sp³-hybridized carbons (Fsp3) is 0.273. The molecule has 0 saturated carbocycles. The van der Waals surface area contributed by atoms with Gasteiger partial charge in [-0.3, -0.25) is 4.79 Å². The Balaban J connectivity index is 1.93. The van der Waals surface area contributed by atoms with Crippen LogP contribution >= 0.6 is 11.3 Å². The second kappa shape index (κ2) is 5.01. The molecular formula is C11H12N2O3S. The highest BCUT2D eigenvalue weighted by Gasteiger charge is 2.11. The summed E-state index contributed by atoms with van der Waals surface area (Å²) in [6.45, 7) is 2.32. The third-order valence-corrected chi connectivity index (χ3v) is 2.93. The van der Waals surface area contributed by atoms with E-state index in [2.05, 4.69) is 10.3 Å². The maximum absolute atomic E-state index is 11.7. The van der Waals surface area contributed by atoms with Crippen molar-refractivity contribution < 1.29 is 13.9 Å². The lowest BCUT2D eigenvalue weighted by Crippen LogP contribution is -2.22. The number of carbonyl (C=O) groups excluding carboxylic acids is 1. The van der Waals surface area contributed by atoms with Gasteiger partial charge < -0.3 is 14.5 Å². The number of nitrogens with zero attached hydrogens (tertiary/aromatic N) is 1. The van der Waals surface area contributed by atoms with Crippen LogP contribution in [0, 0.1) is 6.92 Å². The smallest absolute Gasteiger partial charge is 0.287 e. The maximum atomic E-state index is 11.7. The van der Waals surface area contributed by atoms with Crippen LogP contribution < -0.4 is 10.1 Å². The predicted molar refractivity (Wildman–Crippen MR) is 63.3 cm³/mol. The highest BCUT2D eigenvalue weighted by atomic mass is 32.1. The van der Waals surface area contributed by atoms with Crippen LogP contribution in [0.4, 0.5) is 0 Å². The third kappa shape index (κ3) is 2.85. The van der Waals surface area contributed by atoms with Crippen molar-refractivity contribution in [2.45, 2.75) is 13.5 Å². The van der Waals surface area contributed by atoms with E-state index in [1.807, 2.05) is 12.3 Å². The van der Waals surface area contributed by atoms with E-state index >= 15 is 0 Å². The summed E-state index contributed by atoms with van der Waals surface area (Å²) in [4.78, 5) is 15.9. The molecule has 0 fully saturated rings. The van der Waals surface area contributed by atoms with Crippen LogP contribution in [0.15, 0.2) is 21.9 Å². The quantitative estimate of drug-likeness (QED) is 0.903. The summed E-state index contributed by atoms with van der Waals surface area (Å²) < 4.78 is 9.99. The van der Waals surface area contributed by atoms with Crippen molar-refractivity contribution in [2.24, 2.45) is 0 Å². The van der Waals surface area contributed by atoms with Crippen molar-refractivity contribution in [1.82, 2.24) is 10.3 Å². The van der Waals surface area contributed by atoms with Gasteiger partial charge in [-0.2, -0.15) is 0 Å². The minimum atomic E-state index is -0.279. The van der Waals surface area contributed by atoms with Gasteiger partial charge in [0.1, 0.15) is 0 Å². The summed E-state index contributed by atoms with van der Waals surface area (Å²) in [5.74, 6) is 0.271. The zero-order chi connectivity index (χ0) is 12.3. The van der Waals surface area contributed by atoms with Crippen LogP contribution in [0.2, 0.25) is 0 Å². The zero-order valence-corrected chi connectivity index (χ0v) is 10.3. The zero-order valence-electron chi connectivity index (χ0n) is 9.52. The number of thiazole rings is 1. The highest BCUT2D eigenvalue weighted by molar-refractivity contribution is 7.09. The molecule has 2 aromatic heterocycles. The number of aromatic nitrogens is 1. The molecule has 17 heavy (non-hydrogen) atoms. The van der Waals surface area contributed by atoms with Crippen LogP contribution in [0.1, 0.15) is 21.3 Å². The summed E-state index contributed by atoms with van der Waals surface area (Å²) in [5, 5.41) is 5.62. The Morgan fingerprint density at radius 1 is 1.59 bits per heavy atom. The minimum Gasteiger partial charge on any atom is -0.468 e. The van der Waals surface area contributed by atoms with Crippen molar-refractivity contribution in [3.63, 3.8) is 0 Å². The monoisotopic (exact) mass is 252 g/mol. The first-order chi connectivity index (χ1) is 8.19. The van der Waals surface area contributed by atoms with Crippen LogP contribution in [0.5, 0.6) is 5.95 Å². The van der Waals surface area contributed by atoms with Gasteiger partial charge in [0.05, 0.1) is 24.4 Å². The van der Waals surface area contributed by atoms with Gasteiger partial charge in [0.2, 0.25) is 0 Å². The normalized spacial score (nSPS) is 10.2. The Labute approximate surface area is 102 Å². The fourth-order valence-electron chi connectivity index (χ4n) is 1.30. The predicted octanol–water partition coefficient (Wildman–Crippen LogP) is 1.98. The van der Waals surface area contributed by atoms with E-state index in [0.717, 1.165) is 10.7 Å². The van der Waals surface area contributed by atoms with E-state index in [-0.39, 0.29) is 11.7 Å². The molecule has 2 rings (SSSR count). The first kappa shape index (κ1) is 11.7. The standard InChI is InChI=1S/C11H12N2O3S/c1-7-13-8(6-17-7)5-12-11(14)9-3-4-10(15-2)16-9/h3-4,6H,5H2,1-2H3,(H,12,14). The molecule has 0 aliphatic carbocycles. The lowest BCUT2D eigenvalue weighted by atomic mass is 10.4. The van der Waals surface area contributed by atoms with Crippen molar-refractivity contribution >= 4 is 17.2 Å². The van der Waals surface area contributed by atoms with Gasteiger partial charge >= 0.3 is 0 Å². The molecule has 1 amide bonds. The molecule has 2 aromatic rings. The fourth-order valence-corrected chi connectivity index (χ4v) is 1.91. The number of carbonyl (C=O) groups is 1. The molecule has 90 valence electrons. The second-order valence-corrected chi connectivity index (χ2v) is 4.43. The van der Waals surface area contributed by atoms with Crippen molar-refractivity contribution in [1.29, 1.82) is 0 Å². The Morgan fingerprint density at radius 2 is 2.41 bits per heavy atom. The molecule has 0 radical (unpaired) electrons. The Morgan fingerprint density at radius 3 is 3.00 bits per heavy atom. The highest BCUT2D eigenvalue weighted by Crippen LogP contribution is 2.15. The van der Waals surface area contributed by atoms with Crippen LogP contribution in [-0.2, 0) is 6.54 Å². The largest absolute Gasteiger partial charge is 0.468 e. The number of hydrogen-bond donors (Lipinski definition) is 1. The third-order valence-electron chi connectivity index (χ3n) is 2.10. The van der Waals surface area contributed by atoms with Gasteiger partial charge in [0.15, 0.2) is 5.76 Å². The molecule has 0 saturated heterocycles. The number of nitrogens with one attached hydrogen (secondary N) is 1. The molecule has 0 aromatic carbocycles. The molecule has 0 unspecified atom stereocenters. The van der Waals surface area contributed by atoms with Crippen molar-refractivity contribution in [3.8, 4) is 5.95 Å². The number of rotatable bonds is 4. The second-order valence-electron chi connectivity index (χ2n) is 3.36. The lowest BCUT2D eigenvalue weighted by molar-refractivity contribution is 0.0916. The molecule has 1 N–H and O–H groups in total. The van der Waals surface area contributed by atoms with E-state index in [1.165, 1.54) is 7.11 Å². The number of ether oxygens (including phenoxy) is 1. The van der Waals surface area contributed by atoms with Crippen LogP contribution in [-0.4, -0.2) is 18.0 Å². The van der Waals surface area contributed by atoms with Gasteiger partial charge in [-0.25, -0.2) is 4.98 Å². The molecule has 0 spiro atoms. The average molecular weight is 252 g/mol. The summed E-state index contributed by atoms with van der Waals surface area (Å²) in [6.07, 6.45) is 0. The number of furan rings is 1. The van der Waals surface area contributed by atoms with E-state index in [1.54, 1.807) is 23.5 Å². The molecule has 6 heteroatoms. The summed E-state index contributed by atoms with van der Waals surface area (Å²) in [7, 11) is 1.48. The van der Waals surface area contributed by atoms with Gasteiger partial charge in [0.25, 0.3) is 11.9 Å². The van der Waals surface area contributed by atoms with Crippen molar-refractivity contribution in [3.05, 3.63) is 34.0 Å². The molecule has 0 aliphatic heterocycles. The minimum absolute atomic E-state index is 0.230. The molecule has 0 atom stereocenters. The number of amides is 1. The average Bonchev–Trinajstić information content (AvgIpc) is 2.94. The van der Waals surface area contributed by atoms with Gasteiger partial charge in [-0.05, 0) is 13.0 Å². The molecule has 5 nitrogen and oxygen atoms in total. The van der Waals surface area contributed by atoms with E-state index in [0.29, 0.717) is 12.5 Å². The SMILES string of the molecule is COc1ccc(C(=O)NCc2csc(C)n2)o1. The number of methoxy groups -OCH3 is 1. The summed E-state index contributed by atoms with van der Waals surface area (Å²) in [6, 6.07) is 3.17. The summed E-state index contributed by atoms with van der Waals surface area (Å²) >= 11 is 1.55. The Hall–Kier alpha value is -1.82. The van der Waals surface area contributed by atoms with Gasteiger partial charge in [0, 0.05) is 11.4 Å². The van der Waals surface area contributed by atoms with E-state index in [4.69, 9.17) is 9.15 Å². The lowest BCUT2D eigenvalue weighted by Gasteiger charge is -1.99. The molecule has 2 heterocycles. The van der Waals surface area contributed by atoms with E-state index in [9.17, 15) is 4.79 Å². The first-order valence-electron chi connectivity index (χ1n) is 5.02. The first-order valence-corrected chi connectivity index (χ1v) is 5.90. The maximum Gasteiger partial charge on any atom is 0.287 e. The topological polar surface area (TPSA) is 64.4 Å².